The normalized spacial score (nSPS) is 12.5. The topological polar surface area (TPSA) is 96.0 Å². The van der Waals surface area contributed by atoms with Crippen molar-refractivity contribution < 1.29 is 22.7 Å². The number of nitrogens with zero attached hydrogens (tertiary/aromatic N) is 2. The van der Waals surface area contributed by atoms with Crippen molar-refractivity contribution in [1.29, 1.82) is 0 Å². The highest BCUT2D eigenvalue weighted by Gasteiger charge is 2.29. The second kappa shape index (κ2) is 12.9. The predicted molar refractivity (Wildman–Crippen MR) is 148 cm³/mol. The van der Waals surface area contributed by atoms with Crippen molar-refractivity contribution in [3.8, 4) is 5.75 Å². The summed E-state index contributed by atoms with van der Waals surface area (Å²) in [6, 6.07) is 14.0. The van der Waals surface area contributed by atoms with E-state index in [1.54, 1.807) is 36.1 Å². The molecule has 0 fully saturated rings. The van der Waals surface area contributed by atoms with Gasteiger partial charge in [0.1, 0.15) is 11.8 Å². The SMILES string of the molecule is CCOc1ccccc1N(CCCC(=O)N(Cc1ccccc1C)C(C)C(=O)NC(C)(C)C)S(C)(=O)=O. The minimum absolute atomic E-state index is 0.0852. The molecule has 1 atom stereocenters. The first-order chi connectivity index (χ1) is 17.2. The number of amides is 2. The molecule has 2 amide bonds. The van der Waals surface area contributed by atoms with E-state index in [-0.39, 0.29) is 37.7 Å². The molecule has 0 aromatic heterocycles. The lowest BCUT2D eigenvalue weighted by Gasteiger charge is -2.32. The number of nitrogens with one attached hydrogen (secondary N) is 1. The van der Waals surface area contributed by atoms with E-state index in [1.165, 1.54) is 4.31 Å². The van der Waals surface area contributed by atoms with Gasteiger partial charge in [-0.25, -0.2) is 8.42 Å². The maximum atomic E-state index is 13.5. The summed E-state index contributed by atoms with van der Waals surface area (Å²) in [6.45, 7) is 12.0. The number of rotatable bonds is 12. The molecule has 8 nitrogen and oxygen atoms in total. The molecule has 9 heteroatoms. The molecule has 0 saturated heterocycles. The van der Waals surface area contributed by atoms with Crippen LogP contribution in [0.25, 0.3) is 0 Å². The van der Waals surface area contributed by atoms with Gasteiger partial charge in [0.2, 0.25) is 21.8 Å². The molecule has 0 aliphatic heterocycles. The smallest absolute Gasteiger partial charge is 0.242 e. The van der Waals surface area contributed by atoms with Crippen LogP contribution in [0.2, 0.25) is 0 Å². The number of ether oxygens (including phenoxy) is 1. The van der Waals surface area contributed by atoms with Gasteiger partial charge >= 0.3 is 0 Å². The van der Waals surface area contributed by atoms with E-state index in [0.717, 1.165) is 17.4 Å². The Morgan fingerprint density at radius 1 is 1.05 bits per heavy atom. The van der Waals surface area contributed by atoms with E-state index in [2.05, 4.69) is 5.32 Å². The average Bonchev–Trinajstić information content (AvgIpc) is 2.79. The van der Waals surface area contributed by atoms with Gasteiger partial charge in [0.05, 0.1) is 18.6 Å². The van der Waals surface area contributed by atoms with Gasteiger partial charge in [-0.3, -0.25) is 13.9 Å². The molecule has 204 valence electrons. The third-order valence-corrected chi connectivity index (χ3v) is 7.03. The summed E-state index contributed by atoms with van der Waals surface area (Å²) in [7, 11) is -3.62. The van der Waals surface area contributed by atoms with Gasteiger partial charge in [0, 0.05) is 25.0 Å². The lowest BCUT2D eigenvalue weighted by Crippen LogP contribution is -2.52. The minimum atomic E-state index is -3.62. The van der Waals surface area contributed by atoms with Crippen LogP contribution in [-0.2, 0) is 26.2 Å². The lowest BCUT2D eigenvalue weighted by atomic mass is 10.1. The van der Waals surface area contributed by atoms with Crippen molar-refractivity contribution in [1.82, 2.24) is 10.2 Å². The lowest BCUT2D eigenvalue weighted by molar-refractivity contribution is -0.141. The van der Waals surface area contributed by atoms with E-state index in [1.807, 2.05) is 58.9 Å². The molecule has 0 heterocycles. The monoisotopic (exact) mass is 531 g/mol. The molecule has 0 saturated carbocycles. The zero-order valence-corrected chi connectivity index (χ0v) is 23.9. The van der Waals surface area contributed by atoms with Crippen LogP contribution in [-0.4, -0.2) is 56.1 Å². The molecular weight excluding hydrogens is 490 g/mol. The summed E-state index contributed by atoms with van der Waals surface area (Å²) in [6.07, 6.45) is 1.51. The Morgan fingerprint density at radius 3 is 2.27 bits per heavy atom. The number of para-hydroxylation sites is 2. The number of carbonyl (C=O) groups excluding carboxylic acids is 2. The Bertz CT molecular complexity index is 1170. The third kappa shape index (κ3) is 9.07. The summed E-state index contributed by atoms with van der Waals surface area (Å²) in [5.41, 5.74) is 1.98. The number of aryl methyl sites for hydroxylation is 1. The average molecular weight is 532 g/mol. The second-order valence-corrected chi connectivity index (χ2v) is 12.1. The highest BCUT2D eigenvalue weighted by atomic mass is 32.2. The summed E-state index contributed by atoms with van der Waals surface area (Å²) >= 11 is 0. The molecule has 0 bridgehead atoms. The number of anilines is 1. The first kappa shape index (κ1) is 30.2. The molecule has 37 heavy (non-hydrogen) atoms. The Kier molecular flexibility index (Phi) is 10.5. The van der Waals surface area contributed by atoms with Crippen LogP contribution < -0.4 is 14.4 Å². The first-order valence-electron chi connectivity index (χ1n) is 12.6. The third-order valence-electron chi connectivity index (χ3n) is 5.85. The van der Waals surface area contributed by atoms with Gasteiger partial charge in [-0.1, -0.05) is 36.4 Å². The Labute approximate surface area is 222 Å². The molecule has 2 aromatic carbocycles. The molecule has 1 unspecified atom stereocenters. The number of hydrogen-bond acceptors (Lipinski definition) is 5. The van der Waals surface area contributed by atoms with Gasteiger partial charge < -0.3 is 15.0 Å². The van der Waals surface area contributed by atoms with Crippen molar-refractivity contribution in [3.63, 3.8) is 0 Å². The quantitative estimate of drug-likeness (QED) is 0.441. The van der Waals surface area contributed by atoms with Gasteiger partial charge in [-0.2, -0.15) is 0 Å². The van der Waals surface area contributed by atoms with Crippen LogP contribution >= 0.6 is 0 Å². The zero-order chi connectivity index (χ0) is 27.8. The van der Waals surface area contributed by atoms with E-state index in [0.29, 0.717) is 18.0 Å². The second-order valence-electron chi connectivity index (χ2n) is 10.2. The minimum Gasteiger partial charge on any atom is -0.492 e. The Hall–Kier alpha value is -3.07. The van der Waals surface area contributed by atoms with Gasteiger partial charge in [-0.15, -0.1) is 0 Å². The summed E-state index contributed by atoms with van der Waals surface area (Å²) in [5.74, 6) is 0.0135. The molecular formula is C28H41N3O5S. The van der Waals surface area contributed by atoms with Crippen LogP contribution in [0.3, 0.4) is 0 Å². The Morgan fingerprint density at radius 2 is 1.68 bits per heavy atom. The van der Waals surface area contributed by atoms with Gasteiger partial charge in [-0.05, 0) is 71.2 Å². The van der Waals surface area contributed by atoms with Crippen molar-refractivity contribution in [2.45, 2.75) is 72.5 Å². The maximum Gasteiger partial charge on any atom is 0.242 e. The largest absolute Gasteiger partial charge is 0.492 e. The van der Waals surface area contributed by atoms with Crippen LogP contribution in [0.15, 0.2) is 48.5 Å². The molecule has 0 radical (unpaired) electrons. The first-order valence-corrected chi connectivity index (χ1v) is 14.4. The van der Waals surface area contributed by atoms with Crippen LogP contribution in [0.4, 0.5) is 5.69 Å². The Balaban J connectivity index is 2.24. The van der Waals surface area contributed by atoms with Crippen LogP contribution in [0, 0.1) is 6.92 Å². The van der Waals surface area contributed by atoms with Crippen molar-refractivity contribution in [3.05, 3.63) is 59.7 Å². The molecule has 0 aliphatic carbocycles. The standard InChI is InChI=1S/C28H41N3O5S/c1-8-36-25-17-12-11-16-24(25)31(37(7,34)35)19-13-18-26(32)30(20-23-15-10-9-14-21(23)2)22(3)27(33)29-28(4,5)6/h9-12,14-17,22H,8,13,18-20H2,1-7H3,(H,29,33). The van der Waals surface area contributed by atoms with Crippen LogP contribution in [0.5, 0.6) is 5.75 Å². The fraction of sp³-hybridized carbons (Fsp3) is 0.500. The predicted octanol–water partition coefficient (Wildman–Crippen LogP) is 4.27. The zero-order valence-electron chi connectivity index (χ0n) is 23.1. The fourth-order valence-corrected chi connectivity index (χ4v) is 4.92. The summed E-state index contributed by atoms with van der Waals surface area (Å²) in [5, 5.41) is 2.95. The number of hydrogen-bond donors (Lipinski definition) is 1. The molecule has 2 aromatic rings. The summed E-state index contributed by atoms with van der Waals surface area (Å²) < 4.78 is 32.2. The van der Waals surface area contributed by atoms with Gasteiger partial charge in [0.25, 0.3) is 0 Å². The van der Waals surface area contributed by atoms with E-state index >= 15 is 0 Å². The van der Waals surface area contributed by atoms with E-state index in [9.17, 15) is 18.0 Å². The molecule has 0 spiro atoms. The molecule has 1 N–H and O–H groups in total. The van der Waals surface area contributed by atoms with E-state index < -0.39 is 21.6 Å². The van der Waals surface area contributed by atoms with Crippen molar-refractivity contribution >= 4 is 27.5 Å². The highest BCUT2D eigenvalue weighted by Crippen LogP contribution is 2.30. The highest BCUT2D eigenvalue weighted by molar-refractivity contribution is 7.92. The van der Waals surface area contributed by atoms with Crippen molar-refractivity contribution in [2.24, 2.45) is 0 Å². The maximum absolute atomic E-state index is 13.5. The fourth-order valence-electron chi connectivity index (χ4n) is 3.95. The number of carbonyl (C=O) groups is 2. The summed E-state index contributed by atoms with van der Waals surface area (Å²) in [4.78, 5) is 28.0. The molecule has 2 rings (SSSR count). The van der Waals surface area contributed by atoms with Gasteiger partial charge in [0.15, 0.2) is 0 Å². The van der Waals surface area contributed by atoms with Crippen molar-refractivity contribution in [2.75, 3.05) is 23.7 Å². The number of sulfonamides is 1. The number of benzene rings is 2. The molecule has 0 aliphatic rings. The van der Waals surface area contributed by atoms with Crippen LogP contribution in [0.1, 0.15) is 58.6 Å². The van der Waals surface area contributed by atoms with E-state index in [4.69, 9.17) is 4.74 Å².